The minimum atomic E-state index is -1.59. The van der Waals surface area contributed by atoms with Gasteiger partial charge in [-0.05, 0) is 17.9 Å². The Labute approximate surface area is 138 Å². The Bertz CT molecular complexity index is 739. The normalized spacial score (nSPS) is 28.6. The van der Waals surface area contributed by atoms with Gasteiger partial charge in [-0.3, -0.25) is 14.9 Å². The summed E-state index contributed by atoms with van der Waals surface area (Å²) in [6.45, 7) is 3.67. The van der Waals surface area contributed by atoms with E-state index in [4.69, 9.17) is 4.74 Å². The minimum Gasteiger partial charge on any atom is -0.468 e. The summed E-state index contributed by atoms with van der Waals surface area (Å²) in [6, 6.07) is 7.65. The van der Waals surface area contributed by atoms with E-state index in [-0.39, 0.29) is 12.1 Å². The van der Waals surface area contributed by atoms with Crippen molar-refractivity contribution in [3.05, 3.63) is 52.6 Å². The van der Waals surface area contributed by atoms with Crippen molar-refractivity contribution in [3.63, 3.8) is 0 Å². The molecule has 0 aliphatic heterocycles. The summed E-state index contributed by atoms with van der Waals surface area (Å²) < 4.78 is 4.80. The van der Waals surface area contributed by atoms with Crippen LogP contribution in [0.1, 0.15) is 17.9 Å². The molecule has 1 aromatic carbocycles. The van der Waals surface area contributed by atoms with Crippen LogP contribution in [-0.4, -0.2) is 24.3 Å². The number of hydrogen-bond donors (Lipinski definition) is 0. The Balaban J connectivity index is 2.68. The van der Waals surface area contributed by atoms with Gasteiger partial charge in [-0.2, -0.15) is 5.26 Å². The van der Waals surface area contributed by atoms with Gasteiger partial charge in [0.05, 0.1) is 18.1 Å². The topological polar surface area (TPSA) is 110 Å². The van der Waals surface area contributed by atoms with E-state index in [2.05, 4.69) is 6.58 Å². The second-order valence-electron chi connectivity index (χ2n) is 5.72. The predicted octanol–water partition coefficient (Wildman–Crippen LogP) is 2.38. The fraction of sp³-hybridized carbons (Fsp3) is 0.353. The van der Waals surface area contributed by atoms with E-state index >= 15 is 0 Å². The lowest BCUT2D eigenvalue weighted by molar-refractivity contribution is -0.384. The molecule has 7 heteroatoms. The van der Waals surface area contributed by atoms with Crippen LogP contribution in [-0.2, 0) is 14.3 Å². The van der Waals surface area contributed by atoms with Crippen LogP contribution in [0, 0.1) is 38.7 Å². The summed E-state index contributed by atoms with van der Waals surface area (Å²) in [5.41, 5.74) is -1.37. The zero-order valence-electron chi connectivity index (χ0n) is 13.0. The first-order valence-electron chi connectivity index (χ1n) is 7.27. The van der Waals surface area contributed by atoms with Crippen LogP contribution in [0.5, 0.6) is 0 Å². The molecule has 1 aliphatic carbocycles. The largest absolute Gasteiger partial charge is 0.468 e. The van der Waals surface area contributed by atoms with Crippen molar-refractivity contribution in [2.24, 2.45) is 17.3 Å². The molecule has 0 bridgehead atoms. The fourth-order valence-electron chi connectivity index (χ4n) is 3.52. The third-order valence-electron chi connectivity index (χ3n) is 4.62. The van der Waals surface area contributed by atoms with Crippen molar-refractivity contribution in [1.29, 1.82) is 5.26 Å². The van der Waals surface area contributed by atoms with Gasteiger partial charge in [-0.15, -0.1) is 6.58 Å². The number of hydrogen-bond acceptors (Lipinski definition) is 6. The molecule has 0 unspecified atom stereocenters. The number of nitro groups is 1. The number of nitrogens with zero attached hydrogens (tertiary/aromatic N) is 2. The van der Waals surface area contributed by atoms with Gasteiger partial charge < -0.3 is 9.53 Å². The number of nitriles is 1. The number of non-ortho nitro benzene ring substituents is 1. The zero-order chi connectivity index (χ0) is 17.9. The van der Waals surface area contributed by atoms with Crippen LogP contribution in [0.3, 0.4) is 0 Å². The zero-order valence-corrected chi connectivity index (χ0v) is 13.0. The molecule has 0 radical (unpaired) electrons. The molecule has 124 valence electrons. The Morgan fingerprint density at radius 1 is 1.58 bits per heavy atom. The SMILES string of the molecule is C=C[C@H]1C[C@@](C#N)(C(=O)OC)[C@H](c2cccc([N+](=O)[O-])c2)[C@H]1C=O. The lowest BCUT2D eigenvalue weighted by Gasteiger charge is -2.27. The van der Waals surface area contributed by atoms with Crippen LogP contribution < -0.4 is 0 Å². The Hall–Kier alpha value is -3.01. The highest BCUT2D eigenvalue weighted by Gasteiger charge is 2.59. The maximum atomic E-state index is 12.4. The first kappa shape index (κ1) is 17.3. The lowest BCUT2D eigenvalue weighted by Crippen LogP contribution is -2.35. The summed E-state index contributed by atoms with van der Waals surface area (Å²) in [5.74, 6) is -2.68. The van der Waals surface area contributed by atoms with Crippen LogP contribution in [0.25, 0.3) is 0 Å². The molecule has 0 aromatic heterocycles. The minimum absolute atomic E-state index is 0.0798. The van der Waals surface area contributed by atoms with Crippen LogP contribution in [0.4, 0.5) is 5.69 Å². The average Bonchev–Trinajstić information content (AvgIpc) is 2.95. The molecule has 1 saturated carbocycles. The smallest absolute Gasteiger partial charge is 0.326 e. The highest BCUT2D eigenvalue weighted by Crippen LogP contribution is 2.56. The maximum Gasteiger partial charge on any atom is 0.326 e. The fourth-order valence-corrected chi connectivity index (χ4v) is 3.52. The lowest BCUT2D eigenvalue weighted by atomic mass is 9.72. The molecule has 1 aliphatic rings. The van der Waals surface area contributed by atoms with E-state index in [1.165, 1.54) is 31.4 Å². The van der Waals surface area contributed by atoms with Crippen molar-refractivity contribution in [2.75, 3.05) is 7.11 Å². The molecule has 1 fully saturated rings. The molecule has 2 rings (SSSR count). The summed E-state index contributed by atoms with van der Waals surface area (Å²) in [5, 5.41) is 20.7. The Kier molecular flexibility index (Phi) is 4.79. The predicted molar refractivity (Wildman–Crippen MR) is 83.8 cm³/mol. The number of nitro benzene ring substituents is 1. The first-order valence-corrected chi connectivity index (χ1v) is 7.27. The molecule has 0 heterocycles. The highest BCUT2D eigenvalue weighted by molar-refractivity contribution is 5.84. The molecule has 24 heavy (non-hydrogen) atoms. The molecule has 0 N–H and O–H groups in total. The second-order valence-corrected chi connectivity index (χ2v) is 5.72. The number of aldehydes is 1. The average molecular weight is 328 g/mol. The molecular weight excluding hydrogens is 312 g/mol. The molecule has 0 spiro atoms. The van der Waals surface area contributed by atoms with E-state index in [1.54, 1.807) is 6.07 Å². The van der Waals surface area contributed by atoms with Gasteiger partial charge in [0, 0.05) is 24.0 Å². The molecule has 0 saturated heterocycles. The number of carbonyl (C=O) groups excluding carboxylic acids is 2. The number of rotatable bonds is 5. The van der Waals surface area contributed by atoms with Gasteiger partial charge in [0.15, 0.2) is 5.41 Å². The number of ether oxygens (including phenoxy) is 1. The highest BCUT2D eigenvalue weighted by atomic mass is 16.6. The number of methoxy groups -OCH3 is 1. The maximum absolute atomic E-state index is 12.4. The first-order chi connectivity index (χ1) is 11.4. The summed E-state index contributed by atoms with van der Waals surface area (Å²) in [7, 11) is 1.17. The van der Waals surface area contributed by atoms with Gasteiger partial charge in [-0.1, -0.05) is 18.2 Å². The summed E-state index contributed by atoms with van der Waals surface area (Å²) in [4.78, 5) is 34.5. The van der Waals surface area contributed by atoms with Crippen molar-refractivity contribution in [3.8, 4) is 6.07 Å². The van der Waals surface area contributed by atoms with E-state index in [1.807, 2.05) is 6.07 Å². The molecular formula is C17H16N2O5. The standard InChI is InChI=1S/C17H16N2O5/c1-3-11-8-17(10-18,16(21)24-2)15(14(11)9-20)12-5-4-6-13(7-12)19(22)23/h3-7,9,11,14-15H,1,8H2,2H3/t11-,14-,15+,17-/m0/s1. The summed E-state index contributed by atoms with van der Waals surface area (Å²) >= 11 is 0. The number of benzene rings is 1. The van der Waals surface area contributed by atoms with Crippen LogP contribution in [0.2, 0.25) is 0 Å². The number of carbonyl (C=O) groups is 2. The summed E-state index contributed by atoms with van der Waals surface area (Å²) in [6.07, 6.45) is 2.29. The monoisotopic (exact) mass is 328 g/mol. The van der Waals surface area contributed by atoms with Gasteiger partial charge in [0.1, 0.15) is 6.29 Å². The van der Waals surface area contributed by atoms with Gasteiger partial charge in [-0.25, -0.2) is 0 Å². The third-order valence-corrected chi connectivity index (χ3v) is 4.62. The molecule has 0 amide bonds. The van der Waals surface area contributed by atoms with Gasteiger partial charge in [0.25, 0.3) is 5.69 Å². The van der Waals surface area contributed by atoms with E-state index in [0.29, 0.717) is 11.8 Å². The van der Waals surface area contributed by atoms with Crippen molar-refractivity contribution >= 4 is 17.9 Å². The quantitative estimate of drug-likeness (QED) is 0.270. The Morgan fingerprint density at radius 2 is 2.29 bits per heavy atom. The van der Waals surface area contributed by atoms with Crippen LogP contribution in [0.15, 0.2) is 36.9 Å². The van der Waals surface area contributed by atoms with Crippen molar-refractivity contribution in [2.45, 2.75) is 12.3 Å². The van der Waals surface area contributed by atoms with E-state index in [9.17, 15) is 25.0 Å². The van der Waals surface area contributed by atoms with E-state index < -0.39 is 34.1 Å². The van der Waals surface area contributed by atoms with E-state index in [0.717, 1.165) is 0 Å². The Morgan fingerprint density at radius 3 is 2.79 bits per heavy atom. The number of esters is 1. The van der Waals surface area contributed by atoms with Gasteiger partial charge in [0.2, 0.25) is 0 Å². The molecule has 7 nitrogen and oxygen atoms in total. The third kappa shape index (κ3) is 2.56. The van der Waals surface area contributed by atoms with Gasteiger partial charge >= 0.3 is 5.97 Å². The molecule has 4 atom stereocenters. The van der Waals surface area contributed by atoms with Crippen LogP contribution >= 0.6 is 0 Å². The van der Waals surface area contributed by atoms with Crippen molar-refractivity contribution < 1.29 is 19.2 Å². The molecule has 1 aromatic rings. The second kappa shape index (κ2) is 6.62. The van der Waals surface area contributed by atoms with Crippen molar-refractivity contribution in [1.82, 2.24) is 0 Å². The number of allylic oxidation sites excluding steroid dienone is 1.